The van der Waals surface area contributed by atoms with E-state index < -0.39 is 0 Å². The maximum absolute atomic E-state index is 5.79. The Bertz CT molecular complexity index is 384. The summed E-state index contributed by atoms with van der Waals surface area (Å²) >= 11 is 5.74. The molecule has 0 amide bonds. The van der Waals surface area contributed by atoms with Gasteiger partial charge in [-0.2, -0.15) is 4.98 Å². The van der Waals surface area contributed by atoms with Gasteiger partial charge in [0.25, 0.3) is 0 Å². The lowest BCUT2D eigenvalue weighted by Crippen LogP contribution is -2.25. The maximum Gasteiger partial charge on any atom is 0.224 e. The van der Waals surface area contributed by atoms with Gasteiger partial charge in [-0.3, -0.25) is 0 Å². The molecule has 0 radical (unpaired) electrons. The van der Waals surface area contributed by atoms with Crippen LogP contribution in [-0.2, 0) is 4.74 Å². The van der Waals surface area contributed by atoms with Crippen LogP contribution >= 0.6 is 11.6 Å². The van der Waals surface area contributed by atoms with Crippen LogP contribution < -0.4 is 10.6 Å². The normalized spacial score (nSPS) is 14.9. The zero-order valence-corrected chi connectivity index (χ0v) is 10.7. The number of likely N-dealkylation sites (N-methyl/N-ethyl adjacent to an activating group) is 1. The van der Waals surface area contributed by atoms with Crippen molar-refractivity contribution < 1.29 is 4.74 Å². The van der Waals surface area contributed by atoms with Gasteiger partial charge in [-0.15, -0.1) is 0 Å². The van der Waals surface area contributed by atoms with Crippen molar-refractivity contribution in [3.63, 3.8) is 0 Å². The van der Waals surface area contributed by atoms with Crippen LogP contribution in [0.4, 0.5) is 11.5 Å². The topological polar surface area (TPSA) is 64.3 Å². The van der Waals surface area contributed by atoms with Crippen LogP contribution in [0, 0.1) is 5.92 Å². The van der Waals surface area contributed by atoms with E-state index in [4.69, 9.17) is 22.1 Å². The van der Waals surface area contributed by atoms with E-state index in [0.29, 0.717) is 18.1 Å². The number of rotatable bonds is 6. The Morgan fingerprint density at radius 1 is 1.59 bits per heavy atom. The van der Waals surface area contributed by atoms with Gasteiger partial charge in [-0.25, -0.2) is 4.98 Å². The average molecular weight is 257 g/mol. The van der Waals surface area contributed by atoms with Crippen molar-refractivity contribution in [2.24, 2.45) is 5.92 Å². The molecule has 1 heterocycles. The van der Waals surface area contributed by atoms with Crippen molar-refractivity contribution in [2.45, 2.75) is 12.8 Å². The molecule has 1 aliphatic carbocycles. The van der Waals surface area contributed by atoms with Gasteiger partial charge in [0, 0.05) is 20.2 Å². The molecule has 0 spiro atoms. The van der Waals surface area contributed by atoms with E-state index in [0.717, 1.165) is 19.1 Å². The number of halogens is 1. The predicted molar refractivity (Wildman–Crippen MR) is 68.3 cm³/mol. The van der Waals surface area contributed by atoms with Crippen molar-refractivity contribution in [2.75, 3.05) is 37.4 Å². The molecule has 0 atom stereocenters. The molecule has 2 rings (SSSR count). The zero-order valence-electron chi connectivity index (χ0n) is 9.90. The van der Waals surface area contributed by atoms with Crippen LogP contribution in [0.2, 0.25) is 5.28 Å². The van der Waals surface area contributed by atoms with Gasteiger partial charge in [0.15, 0.2) is 5.82 Å². The molecule has 94 valence electrons. The Labute approximate surface area is 106 Å². The van der Waals surface area contributed by atoms with Crippen LogP contribution in [0.15, 0.2) is 6.20 Å². The molecule has 1 saturated carbocycles. The smallest absolute Gasteiger partial charge is 0.224 e. The molecule has 2 N–H and O–H groups in total. The number of hydrogen-bond acceptors (Lipinski definition) is 5. The minimum Gasteiger partial charge on any atom is -0.394 e. The number of aromatic nitrogens is 2. The minimum atomic E-state index is 0.208. The van der Waals surface area contributed by atoms with Crippen LogP contribution in [0.1, 0.15) is 12.8 Å². The number of nitrogen functional groups attached to an aromatic ring is 1. The molecule has 0 aliphatic heterocycles. The molecule has 1 aromatic heterocycles. The maximum atomic E-state index is 5.79. The number of anilines is 2. The number of nitrogens with two attached hydrogens (primary N) is 1. The molecule has 0 unspecified atom stereocenters. The second-order valence-corrected chi connectivity index (χ2v) is 4.70. The van der Waals surface area contributed by atoms with Crippen molar-refractivity contribution in [3.8, 4) is 0 Å². The lowest BCUT2D eigenvalue weighted by molar-refractivity contribution is 0.131. The fourth-order valence-corrected chi connectivity index (χ4v) is 1.64. The van der Waals surface area contributed by atoms with E-state index in [2.05, 4.69) is 9.97 Å². The standard InChI is InChI=1S/C11H17ClN4O/c1-16(4-5-17-7-8-2-3-8)10-9(13)6-14-11(12)15-10/h6,8H,2-5,7,13H2,1H3. The summed E-state index contributed by atoms with van der Waals surface area (Å²) in [7, 11) is 1.91. The SMILES string of the molecule is CN(CCOCC1CC1)c1nc(Cl)ncc1N. The Morgan fingerprint density at radius 2 is 2.35 bits per heavy atom. The summed E-state index contributed by atoms with van der Waals surface area (Å²) in [5.41, 5.74) is 6.31. The molecule has 0 saturated heterocycles. The van der Waals surface area contributed by atoms with Crippen molar-refractivity contribution in [1.82, 2.24) is 9.97 Å². The molecule has 1 aliphatic rings. The largest absolute Gasteiger partial charge is 0.394 e. The van der Waals surface area contributed by atoms with Gasteiger partial charge in [0.05, 0.1) is 18.5 Å². The Morgan fingerprint density at radius 3 is 3.06 bits per heavy atom. The van der Waals surface area contributed by atoms with Crippen molar-refractivity contribution in [1.29, 1.82) is 0 Å². The van der Waals surface area contributed by atoms with Crippen LogP contribution in [0.25, 0.3) is 0 Å². The Kier molecular flexibility index (Phi) is 4.02. The Balaban J connectivity index is 1.80. The van der Waals surface area contributed by atoms with Crippen LogP contribution in [0.5, 0.6) is 0 Å². The van der Waals surface area contributed by atoms with E-state index in [1.165, 1.54) is 19.0 Å². The number of nitrogens with zero attached hydrogens (tertiary/aromatic N) is 3. The molecule has 17 heavy (non-hydrogen) atoms. The van der Waals surface area contributed by atoms with Gasteiger partial charge < -0.3 is 15.4 Å². The number of hydrogen-bond donors (Lipinski definition) is 1. The summed E-state index contributed by atoms with van der Waals surface area (Å²) in [4.78, 5) is 9.85. The van der Waals surface area contributed by atoms with Crippen LogP contribution in [-0.4, -0.2) is 36.8 Å². The van der Waals surface area contributed by atoms with Crippen molar-refractivity contribution >= 4 is 23.1 Å². The highest BCUT2D eigenvalue weighted by Gasteiger charge is 2.21. The van der Waals surface area contributed by atoms with Crippen LogP contribution in [0.3, 0.4) is 0 Å². The van der Waals surface area contributed by atoms with E-state index in [9.17, 15) is 0 Å². The summed E-state index contributed by atoms with van der Waals surface area (Å²) in [5.74, 6) is 1.44. The first kappa shape index (κ1) is 12.4. The molecule has 6 heteroatoms. The second kappa shape index (κ2) is 5.51. The van der Waals surface area contributed by atoms with Crippen molar-refractivity contribution in [3.05, 3.63) is 11.5 Å². The molecule has 0 bridgehead atoms. The summed E-state index contributed by atoms with van der Waals surface area (Å²) in [5, 5.41) is 0.208. The summed E-state index contributed by atoms with van der Waals surface area (Å²) in [6.07, 6.45) is 4.14. The molecule has 5 nitrogen and oxygen atoms in total. The monoisotopic (exact) mass is 256 g/mol. The molecule has 0 aromatic carbocycles. The summed E-state index contributed by atoms with van der Waals surface area (Å²) in [6, 6.07) is 0. The van der Waals surface area contributed by atoms with Gasteiger partial charge in [-0.1, -0.05) is 0 Å². The predicted octanol–water partition coefficient (Wildman–Crippen LogP) is 1.57. The summed E-state index contributed by atoms with van der Waals surface area (Å²) in [6.45, 7) is 2.28. The molecule has 1 aromatic rings. The number of ether oxygens (including phenoxy) is 1. The fraction of sp³-hybridized carbons (Fsp3) is 0.636. The first-order valence-corrected chi connectivity index (χ1v) is 6.11. The highest BCUT2D eigenvalue weighted by molar-refractivity contribution is 6.28. The highest BCUT2D eigenvalue weighted by atomic mass is 35.5. The lowest BCUT2D eigenvalue weighted by Gasteiger charge is -2.19. The van der Waals surface area contributed by atoms with Gasteiger partial charge in [0.2, 0.25) is 5.28 Å². The third-order valence-corrected chi connectivity index (χ3v) is 2.93. The quantitative estimate of drug-likeness (QED) is 0.618. The van der Waals surface area contributed by atoms with E-state index in [-0.39, 0.29) is 5.28 Å². The fourth-order valence-electron chi connectivity index (χ4n) is 1.51. The summed E-state index contributed by atoms with van der Waals surface area (Å²) < 4.78 is 5.56. The third kappa shape index (κ3) is 3.71. The van der Waals surface area contributed by atoms with E-state index in [1.54, 1.807) is 0 Å². The Hall–Kier alpha value is -1.07. The van der Waals surface area contributed by atoms with E-state index >= 15 is 0 Å². The zero-order chi connectivity index (χ0) is 12.3. The van der Waals surface area contributed by atoms with E-state index in [1.807, 2.05) is 11.9 Å². The third-order valence-electron chi connectivity index (χ3n) is 2.75. The van der Waals surface area contributed by atoms with Gasteiger partial charge >= 0.3 is 0 Å². The first-order valence-electron chi connectivity index (χ1n) is 5.73. The average Bonchev–Trinajstić information content (AvgIpc) is 3.11. The highest BCUT2D eigenvalue weighted by Crippen LogP contribution is 2.28. The first-order chi connectivity index (χ1) is 8.16. The second-order valence-electron chi connectivity index (χ2n) is 4.36. The lowest BCUT2D eigenvalue weighted by atomic mass is 10.4. The molecular weight excluding hydrogens is 240 g/mol. The molecular formula is C11H17ClN4O. The van der Waals surface area contributed by atoms with Gasteiger partial charge in [-0.05, 0) is 30.4 Å². The molecule has 1 fully saturated rings. The minimum absolute atomic E-state index is 0.208. The van der Waals surface area contributed by atoms with Gasteiger partial charge in [0.1, 0.15) is 0 Å².